The Morgan fingerprint density at radius 1 is 1.00 bits per heavy atom. The Labute approximate surface area is 186 Å². The van der Waals surface area contributed by atoms with Crippen LogP contribution < -0.4 is 5.32 Å². The number of rotatable bonds is 5. The molecule has 0 amide bonds. The quantitative estimate of drug-likeness (QED) is 0.352. The van der Waals surface area contributed by atoms with Crippen LogP contribution in [0.3, 0.4) is 0 Å². The average molecular weight is 435 g/mol. The maximum absolute atomic E-state index is 14.3. The van der Waals surface area contributed by atoms with Crippen molar-refractivity contribution >= 4 is 28.2 Å². The van der Waals surface area contributed by atoms with E-state index < -0.39 is 5.60 Å². The van der Waals surface area contributed by atoms with E-state index in [2.05, 4.69) is 10.3 Å². The maximum atomic E-state index is 14.3. The number of aliphatic hydroxyl groups is 1. The van der Waals surface area contributed by atoms with Crippen molar-refractivity contribution in [1.82, 2.24) is 4.98 Å². The molecule has 4 aromatic rings. The average Bonchev–Trinajstić information content (AvgIpc) is 2.75. The van der Waals surface area contributed by atoms with Gasteiger partial charge in [0.05, 0.1) is 27.9 Å². The van der Waals surface area contributed by atoms with Crippen LogP contribution in [0.5, 0.6) is 0 Å². The molecule has 1 aromatic heterocycles. The highest BCUT2D eigenvalue weighted by Crippen LogP contribution is 2.35. The predicted molar refractivity (Wildman–Crippen MR) is 126 cm³/mol. The molecule has 0 aliphatic heterocycles. The standard InChI is InChI=1S/C26H24ClFN2O/c1-16(20-6-4-5-7-23(20)28)30-25-21-14-18(10-13-24(21)29-15-22(25)27)17-8-11-19(12-9-17)26(2,3)31/h4-16,31H,1-3H3,(H,29,30)/t16-/m1/s1. The molecule has 0 radical (unpaired) electrons. The normalized spacial score (nSPS) is 12.7. The molecule has 2 N–H and O–H groups in total. The smallest absolute Gasteiger partial charge is 0.128 e. The molecule has 0 aliphatic carbocycles. The third-order valence-corrected chi connectivity index (χ3v) is 5.77. The van der Waals surface area contributed by atoms with Crippen molar-refractivity contribution in [3.05, 3.63) is 94.9 Å². The molecule has 1 heterocycles. The summed E-state index contributed by atoms with van der Waals surface area (Å²) in [5.41, 5.74) is 4.06. The molecule has 31 heavy (non-hydrogen) atoms. The molecule has 3 nitrogen and oxygen atoms in total. The van der Waals surface area contributed by atoms with Crippen molar-refractivity contribution in [2.45, 2.75) is 32.4 Å². The van der Waals surface area contributed by atoms with Gasteiger partial charge in [-0.15, -0.1) is 0 Å². The number of aromatic nitrogens is 1. The molecule has 0 saturated carbocycles. The minimum Gasteiger partial charge on any atom is -0.386 e. The first-order chi connectivity index (χ1) is 14.7. The zero-order valence-electron chi connectivity index (χ0n) is 17.7. The summed E-state index contributed by atoms with van der Waals surface area (Å²) in [5.74, 6) is -0.260. The molecular formula is C26H24ClFN2O. The van der Waals surface area contributed by atoms with Gasteiger partial charge in [0.1, 0.15) is 5.82 Å². The van der Waals surface area contributed by atoms with Gasteiger partial charge in [-0.25, -0.2) is 4.39 Å². The van der Waals surface area contributed by atoms with E-state index in [9.17, 15) is 9.50 Å². The summed E-state index contributed by atoms with van der Waals surface area (Å²) >= 11 is 6.50. The first-order valence-corrected chi connectivity index (χ1v) is 10.5. The first kappa shape index (κ1) is 21.3. The molecule has 0 aliphatic rings. The van der Waals surface area contributed by atoms with Gasteiger partial charge < -0.3 is 10.4 Å². The van der Waals surface area contributed by atoms with E-state index in [0.717, 1.165) is 33.3 Å². The number of fused-ring (bicyclic) bond motifs is 1. The van der Waals surface area contributed by atoms with Crippen LogP contribution in [0.25, 0.3) is 22.0 Å². The third-order valence-electron chi connectivity index (χ3n) is 5.48. The van der Waals surface area contributed by atoms with Crippen LogP contribution in [0.2, 0.25) is 5.02 Å². The fraction of sp³-hybridized carbons (Fsp3) is 0.192. The van der Waals surface area contributed by atoms with E-state index in [1.54, 1.807) is 32.2 Å². The van der Waals surface area contributed by atoms with Gasteiger partial charge in [0.15, 0.2) is 0 Å². The van der Waals surface area contributed by atoms with Gasteiger partial charge in [0, 0.05) is 17.1 Å². The largest absolute Gasteiger partial charge is 0.386 e. The van der Waals surface area contributed by atoms with Crippen LogP contribution in [-0.2, 0) is 5.60 Å². The van der Waals surface area contributed by atoms with Crippen LogP contribution in [0.4, 0.5) is 10.1 Å². The van der Waals surface area contributed by atoms with Crippen molar-refractivity contribution < 1.29 is 9.50 Å². The van der Waals surface area contributed by atoms with E-state index >= 15 is 0 Å². The van der Waals surface area contributed by atoms with E-state index in [0.29, 0.717) is 10.6 Å². The molecular weight excluding hydrogens is 411 g/mol. The predicted octanol–water partition coefficient (Wildman–Crippen LogP) is 7.09. The highest BCUT2D eigenvalue weighted by atomic mass is 35.5. The van der Waals surface area contributed by atoms with Gasteiger partial charge in [0.25, 0.3) is 0 Å². The van der Waals surface area contributed by atoms with Gasteiger partial charge in [-0.2, -0.15) is 0 Å². The minimum absolute atomic E-state index is 0.260. The molecule has 3 aromatic carbocycles. The molecule has 4 rings (SSSR count). The molecule has 0 unspecified atom stereocenters. The topological polar surface area (TPSA) is 45.2 Å². The monoisotopic (exact) mass is 434 g/mol. The van der Waals surface area contributed by atoms with Crippen molar-refractivity contribution in [3.63, 3.8) is 0 Å². The molecule has 0 spiro atoms. The van der Waals surface area contributed by atoms with Crippen molar-refractivity contribution in [2.75, 3.05) is 5.32 Å². The fourth-order valence-electron chi connectivity index (χ4n) is 3.69. The highest BCUT2D eigenvalue weighted by Gasteiger charge is 2.17. The second kappa shape index (κ2) is 8.29. The van der Waals surface area contributed by atoms with Gasteiger partial charge in [-0.1, -0.05) is 60.1 Å². The van der Waals surface area contributed by atoms with Crippen LogP contribution in [0.15, 0.2) is 72.9 Å². The molecule has 158 valence electrons. The third kappa shape index (κ3) is 4.41. The molecule has 5 heteroatoms. The van der Waals surface area contributed by atoms with E-state index in [1.807, 2.05) is 55.5 Å². The Hall–Kier alpha value is -2.95. The number of hydrogen-bond acceptors (Lipinski definition) is 3. The van der Waals surface area contributed by atoms with Crippen LogP contribution in [-0.4, -0.2) is 10.1 Å². The maximum Gasteiger partial charge on any atom is 0.128 e. The number of hydrogen-bond donors (Lipinski definition) is 2. The summed E-state index contributed by atoms with van der Waals surface area (Å²) in [7, 11) is 0. The van der Waals surface area contributed by atoms with E-state index in [1.165, 1.54) is 6.07 Å². The van der Waals surface area contributed by atoms with E-state index in [-0.39, 0.29) is 11.9 Å². The van der Waals surface area contributed by atoms with Gasteiger partial charge >= 0.3 is 0 Å². The summed E-state index contributed by atoms with van der Waals surface area (Å²) in [4.78, 5) is 4.44. The van der Waals surface area contributed by atoms with Gasteiger partial charge in [0.2, 0.25) is 0 Å². The Kier molecular flexibility index (Phi) is 5.69. The fourth-order valence-corrected chi connectivity index (χ4v) is 3.89. The first-order valence-electron chi connectivity index (χ1n) is 10.2. The molecule has 0 saturated heterocycles. The van der Waals surface area contributed by atoms with Gasteiger partial charge in [-0.3, -0.25) is 4.98 Å². The number of benzene rings is 3. The van der Waals surface area contributed by atoms with Crippen molar-refractivity contribution in [1.29, 1.82) is 0 Å². The molecule has 0 fully saturated rings. The summed E-state index contributed by atoms with van der Waals surface area (Å²) in [6.07, 6.45) is 1.61. The second-order valence-electron chi connectivity index (χ2n) is 8.24. The number of halogens is 2. The Morgan fingerprint density at radius 2 is 1.68 bits per heavy atom. The zero-order valence-corrected chi connectivity index (χ0v) is 18.4. The Morgan fingerprint density at radius 3 is 2.35 bits per heavy atom. The Balaban J connectivity index is 1.74. The lowest BCUT2D eigenvalue weighted by Gasteiger charge is -2.19. The summed E-state index contributed by atoms with van der Waals surface area (Å²) in [6.45, 7) is 5.43. The summed E-state index contributed by atoms with van der Waals surface area (Å²) in [5, 5.41) is 14.9. The lowest BCUT2D eigenvalue weighted by atomic mass is 9.95. The summed E-state index contributed by atoms with van der Waals surface area (Å²) in [6, 6.07) is 20.2. The van der Waals surface area contributed by atoms with Gasteiger partial charge in [-0.05, 0) is 55.7 Å². The second-order valence-corrected chi connectivity index (χ2v) is 8.64. The number of pyridine rings is 1. The van der Waals surface area contributed by atoms with Crippen LogP contribution in [0, 0.1) is 5.82 Å². The lowest BCUT2D eigenvalue weighted by Crippen LogP contribution is -2.14. The molecule has 1 atom stereocenters. The lowest BCUT2D eigenvalue weighted by molar-refractivity contribution is 0.0786. The number of nitrogens with one attached hydrogen (secondary N) is 1. The van der Waals surface area contributed by atoms with Crippen LogP contribution in [0.1, 0.15) is 37.9 Å². The summed E-state index contributed by atoms with van der Waals surface area (Å²) < 4.78 is 14.3. The van der Waals surface area contributed by atoms with Crippen molar-refractivity contribution in [3.8, 4) is 11.1 Å². The zero-order chi connectivity index (χ0) is 22.2. The molecule has 0 bridgehead atoms. The van der Waals surface area contributed by atoms with Crippen LogP contribution >= 0.6 is 11.6 Å². The number of anilines is 1. The SMILES string of the molecule is C[C@@H](Nc1c(Cl)cnc2ccc(-c3ccc(C(C)(C)O)cc3)cc12)c1ccccc1F. The Bertz CT molecular complexity index is 1230. The number of nitrogens with zero attached hydrogens (tertiary/aromatic N) is 1. The minimum atomic E-state index is -0.890. The highest BCUT2D eigenvalue weighted by molar-refractivity contribution is 6.34. The van der Waals surface area contributed by atoms with Crippen molar-refractivity contribution in [2.24, 2.45) is 0 Å². The van der Waals surface area contributed by atoms with E-state index in [4.69, 9.17) is 11.6 Å².